The summed E-state index contributed by atoms with van der Waals surface area (Å²) in [5.41, 5.74) is 4.73. The van der Waals surface area contributed by atoms with Crippen molar-refractivity contribution in [2.45, 2.75) is 0 Å². The molecule has 0 atom stereocenters. The number of fused-ring (bicyclic) bond motifs is 1. The van der Waals surface area contributed by atoms with E-state index in [2.05, 4.69) is 4.98 Å². The molecular weight excluding hydrogens is 326 g/mol. The highest BCUT2D eigenvalue weighted by Crippen LogP contribution is 2.33. The molecule has 5 heteroatoms. The fourth-order valence-electron chi connectivity index (χ4n) is 2.84. The molecule has 0 saturated heterocycles. The highest BCUT2D eigenvalue weighted by molar-refractivity contribution is 5.85. The van der Waals surface area contributed by atoms with E-state index < -0.39 is 0 Å². The van der Waals surface area contributed by atoms with E-state index >= 15 is 0 Å². The lowest BCUT2D eigenvalue weighted by Gasteiger charge is -2.12. The Balaban J connectivity index is 2.03. The molecule has 0 saturated carbocycles. The standard InChI is InChI=1S/C21H17N3O2/c1-25-17-13-16-20(24-21(17)26-2)23-19(15-11-7-4-8-12-15)18(22-16)14-9-5-3-6-10-14/h3-13H,1-2H3. The van der Waals surface area contributed by atoms with E-state index in [1.165, 1.54) is 0 Å². The monoisotopic (exact) mass is 343 g/mol. The third-order valence-electron chi connectivity index (χ3n) is 4.10. The maximum Gasteiger partial charge on any atom is 0.258 e. The summed E-state index contributed by atoms with van der Waals surface area (Å²) in [5.74, 6) is 0.918. The molecule has 4 aromatic rings. The van der Waals surface area contributed by atoms with Crippen LogP contribution in [0.2, 0.25) is 0 Å². The Morgan fingerprint density at radius 2 is 1.23 bits per heavy atom. The second-order valence-corrected chi connectivity index (χ2v) is 5.70. The summed E-state index contributed by atoms with van der Waals surface area (Å²) in [7, 11) is 3.13. The van der Waals surface area contributed by atoms with Crippen LogP contribution in [0.25, 0.3) is 33.7 Å². The van der Waals surface area contributed by atoms with Gasteiger partial charge in [0.15, 0.2) is 11.4 Å². The number of aromatic nitrogens is 3. The van der Waals surface area contributed by atoms with Crippen LogP contribution in [-0.2, 0) is 0 Å². The van der Waals surface area contributed by atoms with Crippen molar-refractivity contribution < 1.29 is 9.47 Å². The minimum atomic E-state index is 0.390. The van der Waals surface area contributed by atoms with Crippen molar-refractivity contribution >= 4 is 11.2 Å². The molecule has 2 heterocycles. The zero-order chi connectivity index (χ0) is 17.9. The number of ether oxygens (including phenoxy) is 2. The Morgan fingerprint density at radius 3 is 1.77 bits per heavy atom. The first-order valence-corrected chi connectivity index (χ1v) is 8.22. The molecule has 0 fully saturated rings. The minimum Gasteiger partial charge on any atom is -0.491 e. The second kappa shape index (κ2) is 6.80. The van der Waals surface area contributed by atoms with Crippen LogP contribution in [0.4, 0.5) is 0 Å². The van der Waals surface area contributed by atoms with Crippen molar-refractivity contribution in [2.75, 3.05) is 14.2 Å². The number of rotatable bonds is 4. The third kappa shape index (κ3) is 2.84. The molecule has 0 aliphatic heterocycles. The highest BCUT2D eigenvalue weighted by atomic mass is 16.5. The number of methoxy groups -OCH3 is 2. The molecule has 0 aliphatic carbocycles. The zero-order valence-corrected chi connectivity index (χ0v) is 14.5. The number of pyridine rings is 1. The van der Waals surface area contributed by atoms with Gasteiger partial charge in [0.05, 0.1) is 25.6 Å². The van der Waals surface area contributed by atoms with Gasteiger partial charge in [0, 0.05) is 17.2 Å². The molecule has 0 aliphatic rings. The van der Waals surface area contributed by atoms with Crippen LogP contribution >= 0.6 is 0 Å². The summed E-state index contributed by atoms with van der Waals surface area (Å²) < 4.78 is 10.7. The SMILES string of the molecule is COc1cc2nc(-c3ccccc3)c(-c3ccccc3)nc2nc1OC. The van der Waals surface area contributed by atoms with E-state index in [-0.39, 0.29) is 0 Å². The molecule has 0 unspecified atom stereocenters. The van der Waals surface area contributed by atoms with Crippen LogP contribution in [-0.4, -0.2) is 29.2 Å². The van der Waals surface area contributed by atoms with Crippen LogP contribution in [0.1, 0.15) is 0 Å². The molecule has 26 heavy (non-hydrogen) atoms. The fourth-order valence-corrected chi connectivity index (χ4v) is 2.84. The largest absolute Gasteiger partial charge is 0.491 e. The van der Waals surface area contributed by atoms with E-state index in [4.69, 9.17) is 19.4 Å². The van der Waals surface area contributed by atoms with Gasteiger partial charge < -0.3 is 9.47 Å². The van der Waals surface area contributed by atoms with Gasteiger partial charge in [0.25, 0.3) is 5.88 Å². The van der Waals surface area contributed by atoms with Gasteiger partial charge >= 0.3 is 0 Å². The molecule has 0 spiro atoms. The topological polar surface area (TPSA) is 57.1 Å². The lowest BCUT2D eigenvalue weighted by molar-refractivity contribution is 0.344. The molecule has 4 rings (SSSR count). The summed E-state index contributed by atoms with van der Waals surface area (Å²) in [6.45, 7) is 0. The van der Waals surface area contributed by atoms with Crippen LogP contribution in [0, 0.1) is 0 Å². The average molecular weight is 343 g/mol. The molecule has 5 nitrogen and oxygen atoms in total. The summed E-state index contributed by atoms with van der Waals surface area (Å²) >= 11 is 0. The van der Waals surface area contributed by atoms with Gasteiger partial charge in [-0.15, -0.1) is 0 Å². The minimum absolute atomic E-state index is 0.390. The van der Waals surface area contributed by atoms with E-state index in [0.29, 0.717) is 22.8 Å². The Bertz CT molecular complexity index is 965. The molecule has 2 aromatic heterocycles. The van der Waals surface area contributed by atoms with Gasteiger partial charge in [0.1, 0.15) is 5.52 Å². The Hall–Kier alpha value is -3.47. The number of nitrogens with zero attached hydrogens (tertiary/aromatic N) is 3. The first-order chi connectivity index (χ1) is 12.8. The highest BCUT2D eigenvalue weighted by Gasteiger charge is 2.16. The van der Waals surface area contributed by atoms with Gasteiger partial charge in [-0.1, -0.05) is 60.7 Å². The van der Waals surface area contributed by atoms with Gasteiger partial charge in [-0.05, 0) is 0 Å². The van der Waals surface area contributed by atoms with Crippen molar-refractivity contribution in [3.8, 4) is 34.1 Å². The van der Waals surface area contributed by atoms with E-state index in [0.717, 1.165) is 22.5 Å². The maximum atomic E-state index is 5.35. The van der Waals surface area contributed by atoms with Gasteiger partial charge in [-0.3, -0.25) is 0 Å². The molecule has 2 aromatic carbocycles. The number of hydrogen-bond donors (Lipinski definition) is 0. The van der Waals surface area contributed by atoms with Crippen LogP contribution < -0.4 is 9.47 Å². The fraction of sp³-hybridized carbons (Fsp3) is 0.0952. The summed E-state index contributed by atoms with van der Waals surface area (Å²) in [6.07, 6.45) is 0. The van der Waals surface area contributed by atoms with E-state index in [1.54, 1.807) is 20.3 Å². The van der Waals surface area contributed by atoms with Crippen molar-refractivity contribution in [1.82, 2.24) is 15.0 Å². The van der Waals surface area contributed by atoms with Crippen molar-refractivity contribution in [1.29, 1.82) is 0 Å². The maximum absolute atomic E-state index is 5.35. The molecule has 128 valence electrons. The molecule has 0 amide bonds. The first kappa shape index (κ1) is 16.0. The van der Waals surface area contributed by atoms with Crippen LogP contribution in [0.3, 0.4) is 0 Å². The van der Waals surface area contributed by atoms with E-state index in [1.807, 2.05) is 60.7 Å². The molecule has 0 N–H and O–H groups in total. The summed E-state index contributed by atoms with van der Waals surface area (Å²) in [5, 5.41) is 0. The number of hydrogen-bond acceptors (Lipinski definition) is 5. The van der Waals surface area contributed by atoms with Gasteiger partial charge in [-0.2, -0.15) is 4.98 Å². The second-order valence-electron chi connectivity index (χ2n) is 5.70. The quantitative estimate of drug-likeness (QED) is 0.550. The molecule has 0 radical (unpaired) electrons. The lowest BCUT2D eigenvalue weighted by atomic mass is 10.0. The van der Waals surface area contributed by atoms with Crippen molar-refractivity contribution in [3.05, 3.63) is 66.7 Å². The molecule has 0 bridgehead atoms. The van der Waals surface area contributed by atoms with Gasteiger partial charge in [0.2, 0.25) is 0 Å². The Labute approximate surface area is 151 Å². The molecular formula is C21H17N3O2. The van der Waals surface area contributed by atoms with Crippen molar-refractivity contribution in [3.63, 3.8) is 0 Å². The van der Waals surface area contributed by atoms with Crippen LogP contribution in [0.5, 0.6) is 11.6 Å². The van der Waals surface area contributed by atoms with Gasteiger partial charge in [-0.25, -0.2) is 9.97 Å². The zero-order valence-electron chi connectivity index (χ0n) is 14.5. The lowest BCUT2D eigenvalue weighted by Crippen LogP contribution is -2.00. The Morgan fingerprint density at radius 1 is 0.654 bits per heavy atom. The average Bonchev–Trinajstić information content (AvgIpc) is 2.73. The predicted molar refractivity (Wildman–Crippen MR) is 101 cm³/mol. The smallest absolute Gasteiger partial charge is 0.258 e. The third-order valence-corrected chi connectivity index (χ3v) is 4.10. The normalized spacial score (nSPS) is 10.7. The number of benzene rings is 2. The predicted octanol–water partition coefficient (Wildman–Crippen LogP) is 4.38. The van der Waals surface area contributed by atoms with E-state index in [9.17, 15) is 0 Å². The Kier molecular flexibility index (Phi) is 4.19. The summed E-state index contributed by atoms with van der Waals surface area (Å²) in [4.78, 5) is 14.1. The first-order valence-electron chi connectivity index (χ1n) is 8.22. The van der Waals surface area contributed by atoms with Crippen molar-refractivity contribution in [2.24, 2.45) is 0 Å². The summed E-state index contributed by atoms with van der Waals surface area (Å²) in [6, 6.07) is 21.8. The van der Waals surface area contributed by atoms with Crippen LogP contribution in [0.15, 0.2) is 66.7 Å².